The minimum atomic E-state index is -0.234. The summed E-state index contributed by atoms with van der Waals surface area (Å²) in [6.45, 7) is 7.05. The van der Waals surface area contributed by atoms with E-state index in [0.29, 0.717) is 17.2 Å². The highest BCUT2D eigenvalue weighted by Crippen LogP contribution is 2.26. The van der Waals surface area contributed by atoms with Gasteiger partial charge in [-0.15, -0.1) is 0 Å². The van der Waals surface area contributed by atoms with Crippen LogP contribution < -0.4 is 10.2 Å². The zero-order chi connectivity index (χ0) is 18.0. The van der Waals surface area contributed by atoms with Crippen LogP contribution in [0.25, 0.3) is 11.3 Å². The lowest BCUT2D eigenvalue weighted by Crippen LogP contribution is -2.49. The summed E-state index contributed by atoms with van der Waals surface area (Å²) >= 11 is 0. The zero-order valence-electron chi connectivity index (χ0n) is 14.8. The number of anilines is 1. The fraction of sp³-hybridized carbons (Fsp3) is 0.421. The highest BCUT2D eigenvalue weighted by Gasteiger charge is 2.27. The number of amides is 1. The number of benzene rings is 1. The third-order valence-corrected chi connectivity index (χ3v) is 4.74. The van der Waals surface area contributed by atoms with Crippen LogP contribution in [0.3, 0.4) is 0 Å². The molecule has 1 fully saturated rings. The molecule has 0 bridgehead atoms. The van der Waals surface area contributed by atoms with E-state index in [9.17, 15) is 9.18 Å². The normalized spacial score (nSPS) is 20.4. The number of rotatable bonds is 3. The van der Waals surface area contributed by atoms with E-state index in [-0.39, 0.29) is 17.8 Å². The maximum atomic E-state index is 13.8. The summed E-state index contributed by atoms with van der Waals surface area (Å²) in [5.41, 5.74) is 2.07. The van der Waals surface area contributed by atoms with Crippen molar-refractivity contribution < 1.29 is 9.18 Å². The van der Waals surface area contributed by atoms with E-state index in [4.69, 9.17) is 0 Å². The molecule has 132 valence electrons. The number of hydrogen-bond donors (Lipinski definition) is 1. The summed E-state index contributed by atoms with van der Waals surface area (Å²) in [4.78, 5) is 22.1. The van der Waals surface area contributed by atoms with Crippen molar-refractivity contribution in [3.63, 3.8) is 0 Å². The van der Waals surface area contributed by atoms with Gasteiger partial charge in [-0.2, -0.15) is 0 Å². The number of nitrogens with one attached hydrogen (secondary N) is 1. The Hall–Kier alpha value is -2.50. The Bertz CT molecular complexity index is 780. The van der Waals surface area contributed by atoms with Crippen molar-refractivity contribution in [3.8, 4) is 11.3 Å². The molecule has 2 heterocycles. The van der Waals surface area contributed by atoms with E-state index >= 15 is 0 Å². The first-order chi connectivity index (χ1) is 11.9. The minimum Gasteiger partial charge on any atom is -0.356 e. The van der Waals surface area contributed by atoms with E-state index in [0.717, 1.165) is 30.9 Å². The Morgan fingerprint density at radius 1 is 1.32 bits per heavy atom. The molecule has 0 saturated carbocycles. The first-order valence-electron chi connectivity index (χ1n) is 8.54. The maximum absolute atomic E-state index is 13.8. The summed E-state index contributed by atoms with van der Waals surface area (Å²) < 4.78 is 13.8. The third kappa shape index (κ3) is 3.95. The van der Waals surface area contributed by atoms with Crippen molar-refractivity contribution in [3.05, 3.63) is 42.0 Å². The van der Waals surface area contributed by atoms with Crippen LogP contribution in [0.4, 0.5) is 10.2 Å². The van der Waals surface area contributed by atoms with Gasteiger partial charge < -0.3 is 10.2 Å². The van der Waals surface area contributed by atoms with Crippen LogP contribution in [0.15, 0.2) is 30.6 Å². The van der Waals surface area contributed by atoms with Crippen molar-refractivity contribution in [2.45, 2.75) is 33.2 Å². The molecule has 2 unspecified atom stereocenters. The molecule has 1 amide bonds. The van der Waals surface area contributed by atoms with E-state index < -0.39 is 0 Å². The molecule has 2 atom stereocenters. The lowest BCUT2D eigenvalue weighted by atomic mass is 9.93. The standard InChI is InChI=1S/C19H23FN4O/c1-12-4-5-15(8-16(12)20)18-9-19(22-11-21-18)24-7-6-17(13(2)10-24)23-14(3)25/h4-5,8-9,11,13,17H,6-7,10H2,1-3H3,(H,23,25). The van der Waals surface area contributed by atoms with Crippen LogP contribution in [0, 0.1) is 18.7 Å². The molecule has 3 rings (SSSR count). The topological polar surface area (TPSA) is 58.1 Å². The number of aryl methyl sites for hydroxylation is 1. The summed E-state index contributed by atoms with van der Waals surface area (Å²) in [7, 11) is 0. The Morgan fingerprint density at radius 2 is 2.12 bits per heavy atom. The van der Waals surface area contributed by atoms with Gasteiger partial charge in [0.25, 0.3) is 0 Å². The average molecular weight is 342 g/mol. The van der Waals surface area contributed by atoms with E-state index in [2.05, 4.69) is 27.1 Å². The van der Waals surface area contributed by atoms with Gasteiger partial charge in [0.05, 0.1) is 5.69 Å². The quantitative estimate of drug-likeness (QED) is 0.932. The Kier molecular flexibility index (Phi) is 4.97. The maximum Gasteiger partial charge on any atom is 0.217 e. The number of aromatic nitrogens is 2. The SMILES string of the molecule is CC(=O)NC1CCN(c2cc(-c3ccc(C)c(F)c3)ncn2)CC1C. The van der Waals surface area contributed by atoms with E-state index in [1.807, 2.05) is 12.1 Å². The van der Waals surface area contributed by atoms with Gasteiger partial charge >= 0.3 is 0 Å². The first kappa shape index (κ1) is 17.3. The summed E-state index contributed by atoms with van der Waals surface area (Å²) in [6.07, 6.45) is 2.40. The number of carbonyl (C=O) groups is 1. The lowest BCUT2D eigenvalue weighted by molar-refractivity contribution is -0.120. The van der Waals surface area contributed by atoms with Crippen LogP contribution in [0.2, 0.25) is 0 Å². The molecule has 1 aliphatic rings. The number of piperidine rings is 1. The zero-order valence-corrected chi connectivity index (χ0v) is 14.8. The van der Waals surface area contributed by atoms with E-state index in [1.54, 1.807) is 19.9 Å². The smallest absolute Gasteiger partial charge is 0.217 e. The second kappa shape index (κ2) is 7.17. The molecule has 25 heavy (non-hydrogen) atoms. The molecule has 0 radical (unpaired) electrons. The Morgan fingerprint density at radius 3 is 2.80 bits per heavy atom. The molecule has 1 aromatic carbocycles. The molecular formula is C19H23FN4O. The Balaban J connectivity index is 1.78. The van der Waals surface area contributed by atoms with Crippen LogP contribution >= 0.6 is 0 Å². The lowest BCUT2D eigenvalue weighted by Gasteiger charge is -2.37. The molecule has 2 aromatic rings. The summed E-state index contributed by atoms with van der Waals surface area (Å²) in [5, 5.41) is 3.01. The third-order valence-electron chi connectivity index (χ3n) is 4.74. The fourth-order valence-electron chi connectivity index (χ4n) is 3.26. The summed E-state index contributed by atoms with van der Waals surface area (Å²) in [6, 6.07) is 7.23. The van der Waals surface area contributed by atoms with Gasteiger partial charge in [0.1, 0.15) is 18.0 Å². The largest absolute Gasteiger partial charge is 0.356 e. The van der Waals surface area contributed by atoms with Crippen LogP contribution in [0.1, 0.15) is 25.8 Å². The Labute approximate surface area is 147 Å². The average Bonchev–Trinajstić information content (AvgIpc) is 2.59. The first-order valence-corrected chi connectivity index (χ1v) is 8.54. The van der Waals surface area contributed by atoms with Gasteiger partial charge in [-0.1, -0.05) is 19.1 Å². The molecule has 0 aliphatic carbocycles. The van der Waals surface area contributed by atoms with Gasteiger partial charge in [-0.25, -0.2) is 14.4 Å². The highest BCUT2D eigenvalue weighted by atomic mass is 19.1. The minimum absolute atomic E-state index is 0.0102. The van der Waals surface area contributed by atoms with Crippen molar-refractivity contribution in [1.29, 1.82) is 0 Å². The predicted octanol–water partition coefficient (Wildman–Crippen LogP) is 2.94. The van der Waals surface area contributed by atoms with Crippen LogP contribution in [-0.2, 0) is 4.79 Å². The van der Waals surface area contributed by atoms with Gasteiger partial charge in [0.15, 0.2) is 0 Å². The molecule has 5 nitrogen and oxygen atoms in total. The molecule has 1 N–H and O–H groups in total. The van der Waals surface area contributed by atoms with Crippen molar-refractivity contribution in [1.82, 2.24) is 15.3 Å². The second-order valence-electron chi connectivity index (χ2n) is 6.74. The molecule has 1 aromatic heterocycles. The number of carbonyl (C=O) groups excluding carboxylic acids is 1. The van der Waals surface area contributed by atoms with Gasteiger partial charge in [0.2, 0.25) is 5.91 Å². The van der Waals surface area contributed by atoms with Gasteiger partial charge in [-0.3, -0.25) is 4.79 Å². The van der Waals surface area contributed by atoms with Crippen molar-refractivity contribution >= 4 is 11.7 Å². The monoisotopic (exact) mass is 342 g/mol. The fourth-order valence-corrected chi connectivity index (χ4v) is 3.26. The highest BCUT2D eigenvalue weighted by molar-refractivity contribution is 5.73. The van der Waals surface area contributed by atoms with Crippen molar-refractivity contribution in [2.75, 3.05) is 18.0 Å². The van der Waals surface area contributed by atoms with E-state index in [1.165, 1.54) is 12.4 Å². The molecular weight excluding hydrogens is 319 g/mol. The number of nitrogens with zero attached hydrogens (tertiary/aromatic N) is 3. The van der Waals surface area contributed by atoms with Crippen LogP contribution in [-0.4, -0.2) is 35.0 Å². The number of hydrogen-bond acceptors (Lipinski definition) is 4. The second-order valence-corrected chi connectivity index (χ2v) is 6.74. The van der Waals surface area contributed by atoms with Crippen molar-refractivity contribution in [2.24, 2.45) is 5.92 Å². The van der Waals surface area contributed by atoms with Gasteiger partial charge in [-0.05, 0) is 30.9 Å². The number of halogens is 1. The molecule has 1 aliphatic heterocycles. The molecule has 0 spiro atoms. The van der Waals surface area contributed by atoms with Gasteiger partial charge in [0, 0.05) is 37.7 Å². The predicted molar refractivity (Wildman–Crippen MR) is 95.8 cm³/mol. The molecule has 6 heteroatoms. The molecule has 1 saturated heterocycles. The summed E-state index contributed by atoms with van der Waals surface area (Å²) in [5.74, 6) is 0.936. The van der Waals surface area contributed by atoms with Crippen LogP contribution in [0.5, 0.6) is 0 Å².